The van der Waals surface area contributed by atoms with Crippen LogP contribution in [-0.2, 0) is 25.6 Å². The largest absolute Gasteiger partial charge is 0.345 e. The van der Waals surface area contributed by atoms with E-state index in [-0.39, 0.29) is 24.2 Å². The van der Waals surface area contributed by atoms with Crippen LogP contribution in [0.4, 0.5) is 0 Å². The minimum absolute atomic E-state index is 0.0126. The van der Waals surface area contributed by atoms with Crippen LogP contribution in [0.2, 0.25) is 0 Å². The molecule has 0 spiro atoms. The second-order valence-electron chi connectivity index (χ2n) is 7.88. The number of nitrogens with zero attached hydrogens (tertiary/aromatic N) is 1. The quantitative estimate of drug-likeness (QED) is 0.820. The third-order valence-electron chi connectivity index (χ3n) is 4.90. The Morgan fingerprint density at radius 3 is 2.56 bits per heavy atom. The van der Waals surface area contributed by atoms with Gasteiger partial charge in [-0.05, 0) is 31.7 Å². The van der Waals surface area contributed by atoms with Gasteiger partial charge in [-0.25, -0.2) is 0 Å². The van der Waals surface area contributed by atoms with Crippen LogP contribution in [0, 0.1) is 5.92 Å². The van der Waals surface area contributed by atoms with Gasteiger partial charge in [-0.2, -0.15) is 0 Å². The van der Waals surface area contributed by atoms with Crippen LogP contribution in [-0.4, -0.2) is 41.1 Å². The van der Waals surface area contributed by atoms with E-state index < -0.39 is 12.0 Å². The van der Waals surface area contributed by atoms with Crippen molar-refractivity contribution in [3.05, 3.63) is 35.9 Å². The minimum Gasteiger partial charge on any atom is -0.345 e. The number of rotatable bonds is 5. The van der Waals surface area contributed by atoms with E-state index in [1.165, 1.54) is 0 Å². The van der Waals surface area contributed by atoms with E-state index in [0.29, 0.717) is 12.5 Å². The van der Waals surface area contributed by atoms with Crippen molar-refractivity contribution >= 4 is 5.91 Å². The highest BCUT2D eigenvalue weighted by Gasteiger charge is 2.59. The van der Waals surface area contributed by atoms with Gasteiger partial charge in [0.2, 0.25) is 5.91 Å². The molecule has 0 N–H and O–H groups in total. The molecule has 2 aliphatic rings. The summed E-state index contributed by atoms with van der Waals surface area (Å²) < 4.78 is 18.5. The molecular weight excluding hydrogens is 318 g/mol. The van der Waals surface area contributed by atoms with E-state index in [2.05, 4.69) is 13.8 Å². The van der Waals surface area contributed by atoms with Gasteiger partial charge in [-0.1, -0.05) is 44.2 Å². The third kappa shape index (κ3) is 3.73. The number of fused-ring (bicyclic) bond motifs is 1. The number of carbonyl (C=O) groups excluding carboxylic acids is 1. The Morgan fingerprint density at radius 2 is 1.96 bits per heavy atom. The van der Waals surface area contributed by atoms with E-state index in [9.17, 15) is 4.79 Å². The van der Waals surface area contributed by atoms with Crippen molar-refractivity contribution in [1.29, 1.82) is 0 Å². The van der Waals surface area contributed by atoms with E-state index in [1.807, 2.05) is 49.1 Å². The Labute approximate surface area is 150 Å². The van der Waals surface area contributed by atoms with Crippen molar-refractivity contribution in [1.82, 2.24) is 4.90 Å². The predicted octanol–water partition coefficient (Wildman–Crippen LogP) is 3.33. The molecule has 2 heterocycles. The summed E-state index contributed by atoms with van der Waals surface area (Å²) in [5, 5.41) is 0. The van der Waals surface area contributed by atoms with Gasteiger partial charge in [0.05, 0.1) is 18.8 Å². The van der Waals surface area contributed by atoms with Gasteiger partial charge in [0.15, 0.2) is 6.29 Å². The molecule has 2 saturated heterocycles. The van der Waals surface area contributed by atoms with Gasteiger partial charge in [-0.3, -0.25) is 4.79 Å². The lowest BCUT2D eigenvalue weighted by Crippen LogP contribution is -2.50. The highest BCUT2D eigenvalue weighted by molar-refractivity contribution is 5.75. The fraction of sp³-hybridized carbons (Fsp3) is 0.650. The topological polar surface area (TPSA) is 48.0 Å². The lowest BCUT2D eigenvalue weighted by atomic mass is 9.97. The lowest BCUT2D eigenvalue weighted by molar-refractivity contribution is -0.213. The maximum absolute atomic E-state index is 12.3. The molecule has 138 valence electrons. The smallest absolute Gasteiger partial charge is 0.222 e. The van der Waals surface area contributed by atoms with Crippen molar-refractivity contribution in [3.63, 3.8) is 0 Å². The first-order valence-electron chi connectivity index (χ1n) is 9.08. The van der Waals surface area contributed by atoms with E-state index in [1.54, 1.807) is 6.92 Å². The standard InChI is InChI=1S/C20H29NO4/c1-13(2)11-16-17-18(25-20(4,5)21(17)14(3)22)19(24-16)23-12-15-9-7-6-8-10-15/h6-10,13,16-19H,11-12H2,1-5H3/t16-,17-,18-,19?/m1/s1. The zero-order chi connectivity index (χ0) is 18.2. The van der Waals surface area contributed by atoms with Crippen molar-refractivity contribution in [2.24, 2.45) is 5.92 Å². The molecular formula is C20H29NO4. The van der Waals surface area contributed by atoms with Crippen LogP contribution >= 0.6 is 0 Å². The van der Waals surface area contributed by atoms with Gasteiger partial charge < -0.3 is 19.1 Å². The van der Waals surface area contributed by atoms with Gasteiger partial charge in [0.1, 0.15) is 11.8 Å². The van der Waals surface area contributed by atoms with E-state index >= 15 is 0 Å². The first kappa shape index (κ1) is 18.4. The van der Waals surface area contributed by atoms with Gasteiger partial charge in [-0.15, -0.1) is 0 Å². The third-order valence-corrected chi connectivity index (χ3v) is 4.90. The molecule has 2 fully saturated rings. The summed E-state index contributed by atoms with van der Waals surface area (Å²) in [4.78, 5) is 14.1. The summed E-state index contributed by atoms with van der Waals surface area (Å²) in [7, 11) is 0. The van der Waals surface area contributed by atoms with Crippen LogP contribution in [0.15, 0.2) is 30.3 Å². The highest BCUT2D eigenvalue weighted by Crippen LogP contribution is 2.43. The molecule has 0 bridgehead atoms. The number of ether oxygens (including phenoxy) is 3. The van der Waals surface area contributed by atoms with Gasteiger partial charge in [0, 0.05) is 6.92 Å². The zero-order valence-corrected chi connectivity index (χ0v) is 15.8. The van der Waals surface area contributed by atoms with Crippen molar-refractivity contribution in [3.8, 4) is 0 Å². The number of hydrogen-bond donors (Lipinski definition) is 0. The second kappa shape index (κ2) is 7.06. The van der Waals surface area contributed by atoms with E-state index in [0.717, 1.165) is 12.0 Å². The summed E-state index contributed by atoms with van der Waals surface area (Å²) in [5.74, 6) is 0.481. The first-order valence-corrected chi connectivity index (χ1v) is 9.08. The maximum Gasteiger partial charge on any atom is 0.222 e. The number of carbonyl (C=O) groups is 1. The molecule has 1 aromatic carbocycles. The molecule has 3 rings (SSSR count). The Hall–Kier alpha value is -1.43. The summed E-state index contributed by atoms with van der Waals surface area (Å²) in [6.45, 7) is 10.3. The summed E-state index contributed by atoms with van der Waals surface area (Å²) >= 11 is 0. The normalized spacial score (nSPS) is 30.7. The molecule has 1 aromatic rings. The van der Waals surface area contributed by atoms with Crippen LogP contribution in [0.1, 0.15) is 46.6 Å². The SMILES string of the molecule is CC(=O)N1[C@@H]2[C@@H](CC(C)C)OC(OCc3ccccc3)[C@@H]2OC1(C)C. The Morgan fingerprint density at radius 1 is 1.28 bits per heavy atom. The average Bonchev–Trinajstić information content (AvgIpc) is 2.98. The summed E-state index contributed by atoms with van der Waals surface area (Å²) in [6.07, 6.45) is 0.0793. The molecule has 0 aliphatic carbocycles. The molecule has 25 heavy (non-hydrogen) atoms. The molecule has 1 unspecified atom stereocenters. The van der Waals surface area contributed by atoms with Gasteiger partial charge >= 0.3 is 0 Å². The molecule has 4 atom stereocenters. The molecule has 0 aromatic heterocycles. The monoisotopic (exact) mass is 347 g/mol. The first-order chi connectivity index (χ1) is 11.8. The number of hydrogen-bond acceptors (Lipinski definition) is 4. The van der Waals surface area contributed by atoms with Crippen LogP contribution in [0.25, 0.3) is 0 Å². The zero-order valence-electron chi connectivity index (χ0n) is 15.8. The molecule has 1 amide bonds. The highest BCUT2D eigenvalue weighted by atomic mass is 16.7. The number of benzene rings is 1. The van der Waals surface area contributed by atoms with Crippen LogP contribution in [0.3, 0.4) is 0 Å². The predicted molar refractivity (Wildman–Crippen MR) is 94.6 cm³/mol. The average molecular weight is 347 g/mol. The van der Waals surface area contributed by atoms with Crippen LogP contribution in [0.5, 0.6) is 0 Å². The fourth-order valence-electron chi connectivity index (χ4n) is 4.03. The fourth-order valence-corrected chi connectivity index (χ4v) is 4.03. The molecule has 0 radical (unpaired) electrons. The van der Waals surface area contributed by atoms with Crippen molar-refractivity contribution < 1.29 is 19.0 Å². The molecule has 0 saturated carbocycles. The molecule has 5 heteroatoms. The number of amides is 1. The Balaban J connectivity index is 1.78. The molecule has 2 aliphatic heterocycles. The van der Waals surface area contributed by atoms with Gasteiger partial charge in [0.25, 0.3) is 0 Å². The lowest BCUT2D eigenvalue weighted by Gasteiger charge is -2.35. The van der Waals surface area contributed by atoms with Crippen molar-refractivity contribution in [2.75, 3.05) is 0 Å². The van der Waals surface area contributed by atoms with E-state index in [4.69, 9.17) is 14.2 Å². The molecule has 5 nitrogen and oxygen atoms in total. The maximum atomic E-state index is 12.3. The summed E-state index contributed by atoms with van der Waals surface area (Å²) in [5.41, 5.74) is 0.449. The second-order valence-corrected chi connectivity index (χ2v) is 7.88. The summed E-state index contributed by atoms with van der Waals surface area (Å²) in [6, 6.07) is 9.92. The Bertz CT molecular complexity index is 601. The van der Waals surface area contributed by atoms with Crippen LogP contribution < -0.4 is 0 Å². The Kier molecular flexibility index (Phi) is 5.19. The minimum atomic E-state index is -0.644. The van der Waals surface area contributed by atoms with Crippen molar-refractivity contribution in [2.45, 2.75) is 77.9 Å².